The van der Waals surface area contributed by atoms with E-state index in [0.29, 0.717) is 10.2 Å². The quantitative estimate of drug-likeness (QED) is 0.543. The number of thiazole rings is 1. The predicted octanol–water partition coefficient (Wildman–Crippen LogP) is 2.86. The van der Waals surface area contributed by atoms with Gasteiger partial charge in [-0.3, -0.25) is 9.59 Å². The fourth-order valence-electron chi connectivity index (χ4n) is 3.58. The number of hydrogen-bond acceptors (Lipinski definition) is 8. The van der Waals surface area contributed by atoms with E-state index in [-0.39, 0.29) is 28.5 Å². The van der Waals surface area contributed by atoms with E-state index in [4.69, 9.17) is 11.6 Å². The van der Waals surface area contributed by atoms with Gasteiger partial charge in [0.2, 0.25) is 0 Å². The van der Waals surface area contributed by atoms with Gasteiger partial charge in [-0.25, -0.2) is 15.4 Å². The van der Waals surface area contributed by atoms with Gasteiger partial charge in [0.1, 0.15) is 10.7 Å². The summed E-state index contributed by atoms with van der Waals surface area (Å²) in [6.07, 6.45) is 1.58. The Morgan fingerprint density at radius 3 is 2.66 bits per heavy atom. The van der Waals surface area contributed by atoms with E-state index >= 15 is 0 Å². The maximum Gasteiger partial charge on any atom is 0.286 e. The first-order chi connectivity index (χ1) is 15.3. The average Bonchev–Trinajstić information content (AvgIpc) is 3.18. The lowest BCUT2D eigenvalue weighted by molar-refractivity contribution is -0.120. The molecule has 32 heavy (non-hydrogen) atoms. The molecule has 0 fully saturated rings. The van der Waals surface area contributed by atoms with Gasteiger partial charge in [-0.15, -0.1) is 15.7 Å². The molecule has 2 aliphatic heterocycles. The number of hydrogen-bond donors (Lipinski definition) is 2. The molecule has 12 heteroatoms. The number of halogens is 1. The Hall–Kier alpha value is -3.12. The molecule has 0 spiro atoms. The second-order valence-corrected chi connectivity index (χ2v) is 10.2. The molecule has 9 nitrogen and oxygen atoms in total. The minimum absolute atomic E-state index is 0.0167. The van der Waals surface area contributed by atoms with Gasteiger partial charge >= 0.3 is 0 Å². The second kappa shape index (κ2) is 7.78. The minimum Gasteiger partial charge on any atom is -0.341 e. The largest absolute Gasteiger partial charge is 0.341 e. The Labute approximate surface area is 191 Å². The summed E-state index contributed by atoms with van der Waals surface area (Å²) in [6.45, 7) is 0.229. The number of amides is 1. The smallest absolute Gasteiger partial charge is 0.286 e. The first-order valence-corrected chi connectivity index (χ1v) is 12.0. The summed E-state index contributed by atoms with van der Waals surface area (Å²) in [5, 5.41) is 4.10. The topological polar surface area (TPSA) is 121 Å². The zero-order valence-corrected chi connectivity index (χ0v) is 18.5. The van der Waals surface area contributed by atoms with E-state index in [0.717, 1.165) is 4.88 Å². The number of aromatic nitrogens is 1. The van der Waals surface area contributed by atoms with Gasteiger partial charge < -0.3 is 5.32 Å². The molecule has 2 aliphatic rings. The standard InChI is InChI=1S/C20H14ClN5O4S2/c21-20-22-9-11(31-20)10-23-26-14-7-3-1-5-12(14)17(27)16(19(26)28)18-24-13-6-2-4-8-15(13)32(29,30)25-18/h1-9,16,23H,10H2,(H,24,25). The molecule has 0 aliphatic carbocycles. The normalized spacial score (nSPS) is 19.1. The molecule has 162 valence electrons. The van der Waals surface area contributed by atoms with E-state index in [1.165, 1.54) is 22.4 Å². The number of ketones is 1. The summed E-state index contributed by atoms with van der Waals surface area (Å²) in [4.78, 5) is 31.4. The Morgan fingerprint density at radius 2 is 1.88 bits per heavy atom. The Kier molecular flexibility index (Phi) is 5.05. The van der Waals surface area contributed by atoms with Crippen molar-refractivity contribution in [2.24, 2.45) is 10.3 Å². The van der Waals surface area contributed by atoms with E-state index in [1.807, 2.05) is 0 Å². The van der Waals surface area contributed by atoms with Gasteiger partial charge in [0.05, 0.1) is 17.9 Å². The maximum atomic E-state index is 13.4. The zero-order valence-electron chi connectivity index (χ0n) is 16.1. The van der Waals surface area contributed by atoms with Gasteiger partial charge in [0, 0.05) is 16.6 Å². The number of carbonyl (C=O) groups excluding carboxylic acids is 2. The number of hydrazine groups is 1. The molecule has 3 heterocycles. The van der Waals surface area contributed by atoms with Crippen LogP contribution in [0.25, 0.3) is 0 Å². The molecule has 3 aromatic rings. The van der Waals surface area contributed by atoms with Crippen LogP contribution >= 0.6 is 22.9 Å². The van der Waals surface area contributed by atoms with Crippen LogP contribution in [0.4, 0.5) is 11.4 Å². The SMILES string of the molecule is O=C1c2ccccc2N(NCc2cnc(Cl)s2)C(=O)C1C1=NS(=O)(=O)c2ccccc2N1. The number of nitrogens with zero attached hydrogens (tertiary/aromatic N) is 3. The van der Waals surface area contributed by atoms with Crippen molar-refractivity contribution < 1.29 is 18.0 Å². The van der Waals surface area contributed by atoms with Crippen molar-refractivity contribution in [3.8, 4) is 0 Å². The van der Waals surface area contributed by atoms with Crippen molar-refractivity contribution >= 4 is 61.9 Å². The molecular formula is C20H14ClN5O4S2. The summed E-state index contributed by atoms with van der Waals surface area (Å²) in [7, 11) is -4.07. The molecule has 0 radical (unpaired) electrons. The van der Waals surface area contributed by atoms with Gasteiger partial charge in [-0.1, -0.05) is 35.9 Å². The highest BCUT2D eigenvalue weighted by Crippen LogP contribution is 2.34. The number of anilines is 2. The van der Waals surface area contributed by atoms with Crippen LogP contribution in [0.1, 0.15) is 15.2 Å². The van der Waals surface area contributed by atoms with E-state index < -0.39 is 27.6 Å². The Bertz CT molecular complexity index is 1400. The maximum absolute atomic E-state index is 13.4. The van der Waals surface area contributed by atoms with Crippen molar-refractivity contribution in [3.05, 3.63) is 69.6 Å². The number of para-hydroxylation sites is 2. The summed E-state index contributed by atoms with van der Waals surface area (Å²) in [5.41, 5.74) is 3.90. The molecule has 0 bridgehead atoms. The number of amidine groups is 1. The number of nitrogens with one attached hydrogen (secondary N) is 2. The van der Waals surface area contributed by atoms with Gasteiger partial charge in [0.15, 0.2) is 16.2 Å². The summed E-state index contributed by atoms with van der Waals surface area (Å²) in [6, 6.07) is 12.8. The van der Waals surface area contributed by atoms with Crippen LogP contribution in [-0.2, 0) is 21.4 Å². The van der Waals surface area contributed by atoms with Crippen LogP contribution in [-0.4, -0.2) is 30.9 Å². The van der Waals surface area contributed by atoms with Crippen LogP contribution in [0.2, 0.25) is 4.47 Å². The third kappa shape index (κ3) is 3.48. The second-order valence-electron chi connectivity index (χ2n) is 6.98. The highest BCUT2D eigenvalue weighted by molar-refractivity contribution is 7.90. The number of sulfonamides is 1. The van der Waals surface area contributed by atoms with Crippen molar-refractivity contribution in [2.75, 3.05) is 10.3 Å². The fraction of sp³-hybridized carbons (Fsp3) is 0.100. The number of Topliss-reactive ketones (excluding diaryl/α,β-unsaturated/α-hetero) is 1. The van der Waals surface area contributed by atoms with Crippen LogP contribution < -0.4 is 15.8 Å². The lowest BCUT2D eigenvalue weighted by Crippen LogP contribution is -2.55. The van der Waals surface area contributed by atoms with E-state index in [1.54, 1.807) is 48.7 Å². The molecule has 2 N–H and O–H groups in total. The molecule has 2 aromatic carbocycles. The zero-order chi connectivity index (χ0) is 22.5. The third-order valence-corrected chi connectivity index (χ3v) is 7.46. The minimum atomic E-state index is -4.07. The lowest BCUT2D eigenvalue weighted by atomic mass is 9.90. The van der Waals surface area contributed by atoms with Crippen molar-refractivity contribution in [1.29, 1.82) is 0 Å². The van der Waals surface area contributed by atoms with Crippen molar-refractivity contribution in [1.82, 2.24) is 10.4 Å². The number of rotatable bonds is 4. The third-order valence-electron chi connectivity index (χ3n) is 5.00. The summed E-state index contributed by atoms with van der Waals surface area (Å²) < 4.78 is 29.5. The molecule has 5 rings (SSSR count). The van der Waals surface area contributed by atoms with Gasteiger partial charge in [-0.2, -0.15) is 8.42 Å². The highest BCUT2D eigenvalue weighted by atomic mass is 35.5. The first-order valence-electron chi connectivity index (χ1n) is 9.37. The number of carbonyl (C=O) groups is 2. The molecule has 0 saturated heterocycles. The first kappa shape index (κ1) is 20.8. The summed E-state index contributed by atoms with van der Waals surface area (Å²) >= 11 is 7.13. The van der Waals surface area contributed by atoms with Crippen molar-refractivity contribution in [2.45, 2.75) is 11.4 Å². The van der Waals surface area contributed by atoms with Crippen LogP contribution in [0, 0.1) is 5.92 Å². The molecule has 1 amide bonds. The highest BCUT2D eigenvalue weighted by Gasteiger charge is 2.45. The molecular weight excluding hydrogens is 474 g/mol. The molecule has 1 atom stereocenters. The van der Waals surface area contributed by atoms with Gasteiger partial charge in [-0.05, 0) is 24.3 Å². The summed E-state index contributed by atoms with van der Waals surface area (Å²) in [5.74, 6) is -2.87. The predicted molar refractivity (Wildman–Crippen MR) is 120 cm³/mol. The monoisotopic (exact) mass is 487 g/mol. The van der Waals surface area contributed by atoms with Crippen LogP contribution in [0.5, 0.6) is 0 Å². The van der Waals surface area contributed by atoms with Crippen molar-refractivity contribution in [3.63, 3.8) is 0 Å². The number of fused-ring (bicyclic) bond motifs is 2. The Morgan fingerprint density at radius 1 is 1.12 bits per heavy atom. The van der Waals surface area contributed by atoms with Crippen LogP contribution in [0.15, 0.2) is 64.0 Å². The fourth-order valence-corrected chi connectivity index (χ4v) is 5.64. The number of benzene rings is 2. The van der Waals surface area contributed by atoms with E-state index in [2.05, 4.69) is 20.1 Å². The molecule has 1 aromatic heterocycles. The van der Waals surface area contributed by atoms with Gasteiger partial charge in [0.25, 0.3) is 15.9 Å². The molecule has 1 unspecified atom stereocenters. The average molecular weight is 488 g/mol. The van der Waals surface area contributed by atoms with Crippen LogP contribution in [0.3, 0.4) is 0 Å². The Balaban J connectivity index is 1.54. The molecule has 0 saturated carbocycles. The lowest BCUT2D eigenvalue weighted by Gasteiger charge is -2.34. The van der Waals surface area contributed by atoms with E-state index in [9.17, 15) is 18.0 Å².